The molecule has 0 aliphatic carbocycles. The zero-order chi connectivity index (χ0) is 19.5. The SMILES string of the molecule is COc1ccc2cc([C@@H](C)C(=O)NCCc3c[nH]c4ccccc34)ccc2c1. The summed E-state index contributed by atoms with van der Waals surface area (Å²) < 4.78 is 5.27. The molecule has 0 fully saturated rings. The molecular formula is C24H24N2O2. The number of hydrogen-bond acceptors (Lipinski definition) is 2. The van der Waals surface area contributed by atoms with Crippen molar-refractivity contribution in [2.45, 2.75) is 19.3 Å². The Bertz CT molecular complexity index is 1130. The van der Waals surface area contributed by atoms with Crippen LogP contribution in [-0.2, 0) is 11.2 Å². The normalized spacial score (nSPS) is 12.2. The van der Waals surface area contributed by atoms with Crippen molar-refractivity contribution in [3.05, 3.63) is 78.0 Å². The van der Waals surface area contributed by atoms with Gasteiger partial charge in [0.1, 0.15) is 5.75 Å². The Morgan fingerprint density at radius 1 is 1.07 bits per heavy atom. The number of aromatic nitrogens is 1. The summed E-state index contributed by atoms with van der Waals surface area (Å²) in [7, 11) is 1.66. The number of carbonyl (C=O) groups is 1. The maximum Gasteiger partial charge on any atom is 0.227 e. The highest BCUT2D eigenvalue weighted by Gasteiger charge is 2.15. The molecule has 1 atom stereocenters. The van der Waals surface area contributed by atoms with Gasteiger partial charge >= 0.3 is 0 Å². The minimum atomic E-state index is -0.200. The van der Waals surface area contributed by atoms with E-state index < -0.39 is 0 Å². The zero-order valence-electron chi connectivity index (χ0n) is 16.2. The van der Waals surface area contributed by atoms with Crippen LogP contribution >= 0.6 is 0 Å². The quantitative estimate of drug-likeness (QED) is 0.511. The number of H-pyrrole nitrogens is 1. The zero-order valence-corrected chi connectivity index (χ0v) is 16.2. The van der Waals surface area contributed by atoms with Gasteiger partial charge in [0, 0.05) is 23.6 Å². The van der Waals surface area contributed by atoms with Gasteiger partial charge in [0.05, 0.1) is 13.0 Å². The van der Waals surface area contributed by atoms with Crippen molar-refractivity contribution in [2.24, 2.45) is 0 Å². The lowest BCUT2D eigenvalue weighted by Crippen LogP contribution is -2.29. The van der Waals surface area contributed by atoms with E-state index >= 15 is 0 Å². The standard InChI is InChI=1S/C24H24N2O2/c1-16(17-7-8-19-14-21(28-2)10-9-18(19)13-17)24(27)25-12-11-20-15-26-23-6-4-3-5-22(20)23/h3-10,13-16,26H,11-12H2,1-2H3,(H,25,27)/t16-/m1/s1. The molecule has 4 nitrogen and oxygen atoms in total. The minimum Gasteiger partial charge on any atom is -0.497 e. The molecule has 1 amide bonds. The Kier molecular flexibility index (Phi) is 5.02. The van der Waals surface area contributed by atoms with Crippen molar-refractivity contribution < 1.29 is 9.53 Å². The first-order chi connectivity index (χ1) is 13.7. The van der Waals surface area contributed by atoms with Crippen LogP contribution in [0.2, 0.25) is 0 Å². The largest absolute Gasteiger partial charge is 0.497 e. The number of fused-ring (bicyclic) bond motifs is 2. The summed E-state index contributed by atoms with van der Waals surface area (Å²) in [6, 6.07) is 20.3. The number of rotatable bonds is 6. The van der Waals surface area contributed by atoms with E-state index in [1.54, 1.807) is 7.11 Å². The lowest BCUT2D eigenvalue weighted by molar-refractivity contribution is -0.122. The molecular weight excluding hydrogens is 348 g/mol. The molecule has 4 heteroatoms. The Morgan fingerprint density at radius 3 is 2.71 bits per heavy atom. The third kappa shape index (κ3) is 3.58. The summed E-state index contributed by atoms with van der Waals surface area (Å²) in [5, 5.41) is 6.51. The first-order valence-corrected chi connectivity index (χ1v) is 9.56. The van der Waals surface area contributed by atoms with Gasteiger partial charge in [0.15, 0.2) is 0 Å². The van der Waals surface area contributed by atoms with Crippen LogP contribution in [0, 0.1) is 0 Å². The molecule has 2 N–H and O–H groups in total. The molecule has 1 aromatic heterocycles. The van der Waals surface area contributed by atoms with Crippen LogP contribution in [-0.4, -0.2) is 24.5 Å². The van der Waals surface area contributed by atoms with Gasteiger partial charge in [-0.05, 0) is 53.4 Å². The summed E-state index contributed by atoms with van der Waals surface area (Å²) in [4.78, 5) is 15.9. The molecule has 0 spiro atoms. The molecule has 0 saturated carbocycles. The second kappa shape index (κ2) is 7.77. The van der Waals surface area contributed by atoms with E-state index in [0.29, 0.717) is 6.54 Å². The first kappa shape index (κ1) is 18.1. The van der Waals surface area contributed by atoms with Crippen molar-refractivity contribution in [2.75, 3.05) is 13.7 Å². The van der Waals surface area contributed by atoms with Crippen molar-refractivity contribution in [1.82, 2.24) is 10.3 Å². The van der Waals surface area contributed by atoms with Gasteiger partial charge in [0.25, 0.3) is 0 Å². The number of methoxy groups -OCH3 is 1. The van der Waals surface area contributed by atoms with Crippen molar-refractivity contribution >= 4 is 27.6 Å². The third-order valence-corrected chi connectivity index (χ3v) is 5.33. The summed E-state index contributed by atoms with van der Waals surface area (Å²) in [6.07, 6.45) is 2.83. The van der Waals surface area contributed by atoms with Crippen LogP contribution in [0.5, 0.6) is 5.75 Å². The molecule has 4 rings (SSSR count). The summed E-state index contributed by atoms with van der Waals surface area (Å²) >= 11 is 0. The Hall–Kier alpha value is -3.27. The molecule has 3 aromatic carbocycles. The van der Waals surface area contributed by atoms with Crippen LogP contribution in [0.25, 0.3) is 21.7 Å². The number of ether oxygens (including phenoxy) is 1. The molecule has 0 radical (unpaired) electrons. The van der Waals surface area contributed by atoms with Gasteiger partial charge in [-0.25, -0.2) is 0 Å². The van der Waals surface area contributed by atoms with Crippen molar-refractivity contribution in [1.29, 1.82) is 0 Å². The summed E-state index contributed by atoms with van der Waals surface area (Å²) in [5.41, 5.74) is 3.37. The van der Waals surface area contributed by atoms with Gasteiger partial charge in [-0.15, -0.1) is 0 Å². The lowest BCUT2D eigenvalue weighted by Gasteiger charge is -2.13. The van der Waals surface area contributed by atoms with Crippen LogP contribution in [0.4, 0.5) is 0 Å². The number of nitrogens with one attached hydrogen (secondary N) is 2. The maximum atomic E-state index is 12.6. The molecule has 0 aliphatic heterocycles. The molecule has 0 unspecified atom stereocenters. The van der Waals surface area contributed by atoms with E-state index in [1.165, 1.54) is 10.9 Å². The van der Waals surface area contributed by atoms with Gasteiger partial charge in [-0.3, -0.25) is 4.79 Å². The fourth-order valence-electron chi connectivity index (χ4n) is 3.60. The topological polar surface area (TPSA) is 54.1 Å². The minimum absolute atomic E-state index is 0.0488. The van der Waals surface area contributed by atoms with Crippen LogP contribution in [0.15, 0.2) is 66.9 Å². The molecule has 0 aliphatic rings. The van der Waals surface area contributed by atoms with Crippen molar-refractivity contribution in [3.8, 4) is 5.75 Å². The van der Waals surface area contributed by atoms with E-state index in [2.05, 4.69) is 28.5 Å². The van der Waals surface area contributed by atoms with Crippen LogP contribution in [0.1, 0.15) is 24.0 Å². The third-order valence-electron chi connectivity index (χ3n) is 5.33. The van der Waals surface area contributed by atoms with E-state index in [9.17, 15) is 4.79 Å². The molecule has 142 valence electrons. The Labute approximate surface area is 164 Å². The van der Waals surface area contributed by atoms with Crippen LogP contribution in [0.3, 0.4) is 0 Å². The summed E-state index contributed by atoms with van der Waals surface area (Å²) in [6.45, 7) is 2.57. The van der Waals surface area contributed by atoms with E-state index in [-0.39, 0.29) is 11.8 Å². The molecule has 1 heterocycles. The predicted molar refractivity (Wildman–Crippen MR) is 114 cm³/mol. The number of amides is 1. The maximum absolute atomic E-state index is 12.6. The number of aromatic amines is 1. The highest BCUT2D eigenvalue weighted by atomic mass is 16.5. The van der Waals surface area contributed by atoms with Gasteiger partial charge in [0.2, 0.25) is 5.91 Å². The second-order valence-corrected chi connectivity index (χ2v) is 7.09. The average molecular weight is 372 g/mol. The Balaban J connectivity index is 1.41. The van der Waals surface area contributed by atoms with Gasteiger partial charge in [-0.2, -0.15) is 0 Å². The Morgan fingerprint density at radius 2 is 1.86 bits per heavy atom. The number of para-hydroxylation sites is 1. The number of benzene rings is 3. The predicted octanol–water partition coefficient (Wildman–Crippen LogP) is 4.79. The molecule has 0 bridgehead atoms. The van der Waals surface area contributed by atoms with E-state index in [4.69, 9.17) is 4.74 Å². The second-order valence-electron chi connectivity index (χ2n) is 7.09. The number of carbonyl (C=O) groups excluding carboxylic acids is 1. The fraction of sp³-hybridized carbons (Fsp3) is 0.208. The highest BCUT2D eigenvalue weighted by Crippen LogP contribution is 2.25. The lowest BCUT2D eigenvalue weighted by atomic mass is 9.97. The molecule has 4 aromatic rings. The highest BCUT2D eigenvalue weighted by molar-refractivity contribution is 5.88. The fourth-order valence-corrected chi connectivity index (χ4v) is 3.60. The van der Waals surface area contributed by atoms with E-state index in [0.717, 1.165) is 34.0 Å². The van der Waals surface area contributed by atoms with Crippen molar-refractivity contribution in [3.63, 3.8) is 0 Å². The number of hydrogen-bond donors (Lipinski definition) is 2. The van der Waals surface area contributed by atoms with Gasteiger partial charge < -0.3 is 15.0 Å². The molecule has 28 heavy (non-hydrogen) atoms. The first-order valence-electron chi connectivity index (χ1n) is 9.56. The summed E-state index contributed by atoms with van der Waals surface area (Å²) in [5.74, 6) is 0.686. The van der Waals surface area contributed by atoms with Gasteiger partial charge in [-0.1, -0.05) is 42.5 Å². The average Bonchev–Trinajstić information content (AvgIpc) is 3.15. The monoisotopic (exact) mass is 372 g/mol. The van der Waals surface area contributed by atoms with Crippen LogP contribution < -0.4 is 10.1 Å². The molecule has 0 saturated heterocycles. The smallest absolute Gasteiger partial charge is 0.227 e. The van der Waals surface area contributed by atoms with E-state index in [1.807, 2.05) is 55.6 Å².